The second-order valence-corrected chi connectivity index (χ2v) is 4.02. The Balaban J connectivity index is 2.04. The molecule has 0 bridgehead atoms. The van der Waals surface area contributed by atoms with Crippen LogP contribution in [0.25, 0.3) is 0 Å². The second kappa shape index (κ2) is 4.92. The maximum absolute atomic E-state index is 5.60. The third-order valence-corrected chi connectivity index (χ3v) is 2.79. The van der Waals surface area contributed by atoms with E-state index in [9.17, 15) is 0 Å². The summed E-state index contributed by atoms with van der Waals surface area (Å²) < 4.78 is 5.60. The van der Waals surface area contributed by atoms with E-state index in [0.29, 0.717) is 12.6 Å². The Labute approximate surface area is 106 Å². The van der Waals surface area contributed by atoms with E-state index in [4.69, 9.17) is 4.74 Å². The summed E-state index contributed by atoms with van der Waals surface area (Å²) in [6, 6.07) is 21.0. The fourth-order valence-corrected chi connectivity index (χ4v) is 1.98. The largest absolute Gasteiger partial charge is 0.463 e. The summed E-state index contributed by atoms with van der Waals surface area (Å²) >= 11 is 0. The lowest BCUT2D eigenvalue weighted by Gasteiger charge is -2.23. The number of hydrogen-bond donors (Lipinski definition) is 0. The maximum atomic E-state index is 5.60. The number of ether oxygens (including phenoxy) is 1. The number of hydrogen-bond acceptors (Lipinski definition) is 3. The summed E-state index contributed by atoms with van der Waals surface area (Å²) in [5, 5.41) is 0. The molecule has 2 aromatic carbocycles. The van der Waals surface area contributed by atoms with Crippen LogP contribution in [0.15, 0.2) is 65.7 Å². The van der Waals surface area contributed by atoms with Crippen molar-refractivity contribution in [2.75, 3.05) is 18.1 Å². The average Bonchev–Trinajstić information content (AvgIpc) is 2.95. The SMILES string of the molecule is c1ccc(N(C2=NCCO2)c2ccccc2)cc1. The lowest BCUT2D eigenvalue weighted by atomic mass is 10.2. The van der Waals surface area contributed by atoms with Gasteiger partial charge in [0.15, 0.2) is 0 Å². The van der Waals surface area contributed by atoms with Crippen molar-refractivity contribution in [3.8, 4) is 0 Å². The monoisotopic (exact) mass is 238 g/mol. The van der Waals surface area contributed by atoms with Crippen LogP contribution in [0.4, 0.5) is 11.4 Å². The van der Waals surface area contributed by atoms with Gasteiger partial charge in [-0.25, -0.2) is 4.99 Å². The van der Waals surface area contributed by atoms with E-state index in [-0.39, 0.29) is 0 Å². The number of amidine groups is 1. The first-order valence-corrected chi connectivity index (χ1v) is 6.02. The molecule has 0 unspecified atom stereocenters. The molecule has 1 aliphatic heterocycles. The first-order chi connectivity index (χ1) is 8.95. The van der Waals surface area contributed by atoms with Crippen molar-refractivity contribution in [2.24, 2.45) is 4.99 Å². The molecule has 0 atom stereocenters. The lowest BCUT2D eigenvalue weighted by Crippen LogP contribution is -2.25. The Hall–Kier alpha value is -2.29. The third kappa shape index (κ3) is 2.07. The number of para-hydroxylation sites is 2. The number of benzene rings is 2. The minimum Gasteiger partial charge on any atom is -0.463 e. The third-order valence-electron chi connectivity index (χ3n) is 2.79. The summed E-state index contributed by atoms with van der Waals surface area (Å²) in [4.78, 5) is 6.44. The molecular weight excluding hydrogens is 224 g/mol. The van der Waals surface area contributed by atoms with Crippen LogP contribution in [0.5, 0.6) is 0 Å². The highest BCUT2D eigenvalue weighted by Gasteiger charge is 2.19. The summed E-state index contributed by atoms with van der Waals surface area (Å²) in [6.45, 7) is 1.39. The molecule has 0 radical (unpaired) electrons. The summed E-state index contributed by atoms with van der Waals surface area (Å²) in [7, 11) is 0. The highest BCUT2D eigenvalue weighted by Crippen LogP contribution is 2.26. The topological polar surface area (TPSA) is 24.8 Å². The van der Waals surface area contributed by atoms with Gasteiger partial charge < -0.3 is 4.74 Å². The highest BCUT2D eigenvalue weighted by molar-refractivity contribution is 5.99. The zero-order chi connectivity index (χ0) is 12.2. The molecule has 2 aromatic rings. The van der Waals surface area contributed by atoms with Gasteiger partial charge in [-0.05, 0) is 24.3 Å². The van der Waals surface area contributed by atoms with Crippen LogP contribution in [-0.4, -0.2) is 19.2 Å². The second-order valence-electron chi connectivity index (χ2n) is 4.02. The summed E-state index contributed by atoms with van der Waals surface area (Å²) in [6.07, 6.45) is 0. The van der Waals surface area contributed by atoms with Crippen LogP contribution in [0, 0.1) is 0 Å². The van der Waals surface area contributed by atoms with Crippen molar-refractivity contribution >= 4 is 17.4 Å². The van der Waals surface area contributed by atoms with Gasteiger partial charge in [0.2, 0.25) is 0 Å². The zero-order valence-corrected chi connectivity index (χ0v) is 9.99. The average molecular weight is 238 g/mol. The van der Waals surface area contributed by atoms with Gasteiger partial charge in [0.1, 0.15) is 6.61 Å². The number of nitrogens with zero attached hydrogens (tertiary/aromatic N) is 2. The molecule has 3 rings (SSSR count). The summed E-state index contributed by atoms with van der Waals surface area (Å²) in [5.41, 5.74) is 2.12. The van der Waals surface area contributed by atoms with E-state index in [1.807, 2.05) is 41.3 Å². The fourth-order valence-electron chi connectivity index (χ4n) is 1.98. The van der Waals surface area contributed by atoms with Crippen LogP contribution in [-0.2, 0) is 4.74 Å². The molecular formula is C15H14N2O. The highest BCUT2D eigenvalue weighted by atomic mass is 16.5. The molecule has 0 saturated heterocycles. The molecule has 0 spiro atoms. The first kappa shape index (κ1) is 10.8. The standard InChI is InChI=1S/C15H14N2O/c1-3-7-13(8-4-1)17(15-16-11-12-18-15)14-9-5-2-6-10-14/h1-10H,11-12H2. The van der Waals surface area contributed by atoms with Crippen molar-refractivity contribution in [3.63, 3.8) is 0 Å². The molecule has 90 valence electrons. The van der Waals surface area contributed by atoms with Gasteiger partial charge in [-0.3, -0.25) is 4.90 Å². The molecule has 0 fully saturated rings. The number of aliphatic imine (C=N–C) groups is 1. The van der Waals surface area contributed by atoms with Crippen molar-refractivity contribution in [3.05, 3.63) is 60.7 Å². The van der Waals surface area contributed by atoms with Crippen LogP contribution in [0.1, 0.15) is 0 Å². The van der Waals surface area contributed by atoms with E-state index in [2.05, 4.69) is 29.3 Å². The van der Waals surface area contributed by atoms with Crippen molar-refractivity contribution in [1.82, 2.24) is 0 Å². The van der Waals surface area contributed by atoms with Crippen molar-refractivity contribution in [2.45, 2.75) is 0 Å². The quantitative estimate of drug-likeness (QED) is 0.802. The van der Waals surface area contributed by atoms with E-state index in [1.54, 1.807) is 0 Å². The van der Waals surface area contributed by atoms with Crippen molar-refractivity contribution in [1.29, 1.82) is 0 Å². The van der Waals surface area contributed by atoms with Gasteiger partial charge in [0.25, 0.3) is 6.02 Å². The van der Waals surface area contributed by atoms with E-state index in [1.165, 1.54) is 0 Å². The Bertz CT molecular complexity index is 497. The molecule has 18 heavy (non-hydrogen) atoms. The molecule has 0 aromatic heterocycles. The fraction of sp³-hybridized carbons (Fsp3) is 0.133. The minimum atomic E-state index is 0.658. The zero-order valence-electron chi connectivity index (χ0n) is 9.99. The van der Waals surface area contributed by atoms with Gasteiger partial charge in [0, 0.05) is 0 Å². The van der Waals surface area contributed by atoms with Gasteiger partial charge in [-0.1, -0.05) is 36.4 Å². The molecule has 0 aliphatic carbocycles. The Morgan fingerprint density at radius 1 is 0.833 bits per heavy atom. The molecule has 0 N–H and O–H groups in total. The van der Waals surface area contributed by atoms with Gasteiger partial charge >= 0.3 is 0 Å². The molecule has 3 nitrogen and oxygen atoms in total. The van der Waals surface area contributed by atoms with Gasteiger partial charge in [-0.15, -0.1) is 0 Å². The van der Waals surface area contributed by atoms with E-state index < -0.39 is 0 Å². The number of rotatable bonds is 2. The normalized spacial score (nSPS) is 13.9. The minimum absolute atomic E-state index is 0.658. The van der Waals surface area contributed by atoms with Crippen LogP contribution < -0.4 is 4.90 Å². The Morgan fingerprint density at radius 3 is 1.83 bits per heavy atom. The molecule has 1 aliphatic rings. The van der Waals surface area contributed by atoms with E-state index >= 15 is 0 Å². The van der Waals surface area contributed by atoms with Crippen LogP contribution in [0.3, 0.4) is 0 Å². The van der Waals surface area contributed by atoms with Crippen LogP contribution >= 0.6 is 0 Å². The maximum Gasteiger partial charge on any atom is 0.296 e. The Morgan fingerprint density at radius 2 is 1.39 bits per heavy atom. The van der Waals surface area contributed by atoms with Gasteiger partial charge in [0.05, 0.1) is 17.9 Å². The Kier molecular flexibility index (Phi) is 2.96. The lowest BCUT2D eigenvalue weighted by molar-refractivity contribution is 0.342. The van der Waals surface area contributed by atoms with E-state index in [0.717, 1.165) is 17.9 Å². The molecule has 0 saturated carbocycles. The van der Waals surface area contributed by atoms with Gasteiger partial charge in [-0.2, -0.15) is 0 Å². The summed E-state index contributed by atoms with van der Waals surface area (Å²) in [5.74, 6) is 0. The smallest absolute Gasteiger partial charge is 0.296 e. The number of anilines is 2. The molecule has 3 heteroatoms. The molecule has 1 heterocycles. The first-order valence-electron chi connectivity index (χ1n) is 6.02. The van der Waals surface area contributed by atoms with Crippen LogP contribution in [0.2, 0.25) is 0 Å². The predicted molar refractivity (Wildman–Crippen MR) is 73.3 cm³/mol. The predicted octanol–water partition coefficient (Wildman–Crippen LogP) is 3.21. The van der Waals surface area contributed by atoms with Crippen molar-refractivity contribution < 1.29 is 4.74 Å². The molecule has 0 amide bonds.